The van der Waals surface area contributed by atoms with Crippen molar-refractivity contribution in [3.05, 3.63) is 23.3 Å². The van der Waals surface area contributed by atoms with Gasteiger partial charge in [-0.05, 0) is 56.9 Å². The molecule has 3 N–H and O–H groups in total. The summed E-state index contributed by atoms with van der Waals surface area (Å²) in [5.74, 6) is 1.69. The van der Waals surface area contributed by atoms with Gasteiger partial charge in [-0.1, -0.05) is 13.3 Å². The van der Waals surface area contributed by atoms with Gasteiger partial charge in [-0.25, -0.2) is 0 Å². The molecule has 1 aliphatic rings. The Hall–Kier alpha value is -1.52. The van der Waals surface area contributed by atoms with Gasteiger partial charge in [0.1, 0.15) is 11.5 Å². The molecule has 1 unspecified atom stereocenters. The average Bonchev–Trinajstić information content (AvgIpc) is 3.21. The first-order chi connectivity index (χ1) is 16.7. The van der Waals surface area contributed by atoms with Gasteiger partial charge in [0.2, 0.25) is 0 Å². The molecular formula is C25H36O7S3. The Morgan fingerprint density at radius 1 is 1.14 bits per heavy atom. The number of Topliss-reactive ketones (excluding diaryl/α,β-unsaturated/α-hetero) is 1. The summed E-state index contributed by atoms with van der Waals surface area (Å²) in [5.41, 5.74) is 1.02. The van der Waals surface area contributed by atoms with Crippen LogP contribution in [0.4, 0.5) is 0 Å². The number of carboxylic acids is 2. The van der Waals surface area contributed by atoms with Crippen molar-refractivity contribution >= 4 is 53.0 Å². The summed E-state index contributed by atoms with van der Waals surface area (Å²) >= 11 is 5.35. The quantitative estimate of drug-likeness (QED) is 0.166. The van der Waals surface area contributed by atoms with Crippen molar-refractivity contribution in [2.45, 2.75) is 74.5 Å². The summed E-state index contributed by atoms with van der Waals surface area (Å²) in [6.07, 6.45) is 4.46. The van der Waals surface area contributed by atoms with E-state index in [0.29, 0.717) is 48.0 Å². The van der Waals surface area contributed by atoms with E-state index in [4.69, 9.17) is 14.9 Å². The van der Waals surface area contributed by atoms with Gasteiger partial charge in [-0.3, -0.25) is 14.4 Å². The zero-order chi connectivity index (χ0) is 25.8. The van der Waals surface area contributed by atoms with Gasteiger partial charge in [0.05, 0.1) is 16.2 Å². The van der Waals surface area contributed by atoms with Crippen LogP contribution in [0.1, 0.15) is 74.7 Å². The van der Waals surface area contributed by atoms with Crippen LogP contribution in [-0.4, -0.2) is 66.2 Å². The van der Waals surface area contributed by atoms with E-state index in [1.54, 1.807) is 35.7 Å². The number of aromatic hydroxyl groups is 1. The van der Waals surface area contributed by atoms with E-state index in [1.807, 2.05) is 18.7 Å². The van der Waals surface area contributed by atoms with Crippen LogP contribution >= 0.6 is 35.3 Å². The van der Waals surface area contributed by atoms with Crippen molar-refractivity contribution in [1.82, 2.24) is 0 Å². The first kappa shape index (κ1) is 29.7. The molecule has 0 radical (unpaired) electrons. The van der Waals surface area contributed by atoms with Gasteiger partial charge in [0.15, 0.2) is 5.78 Å². The van der Waals surface area contributed by atoms with Crippen LogP contribution in [0, 0.1) is 0 Å². The molecule has 1 aromatic rings. The van der Waals surface area contributed by atoms with Crippen LogP contribution in [0.5, 0.6) is 11.5 Å². The Kier molecular flexibility index (Phi) is 12.6. The van der Waals surface area contributed by atoms with Crippen LogP contribution in [0.2, 0.25) is 0 Å². The monoisotopic (exact) mass is 544 g/mol. The highest BCUT2D eigenvalue weighted by Gasteiger charge is 2.40. The van der Waals surface area contributed by atoms with Crippen molar-refractivity contribution < 1.29 is 34.4 Å². The SMILES string of the molecule is CCCc1c(OCCCCSCC2CSC(CCC(=O)O)(CCC(=O)O)S2)ccc(C(C)=O)c1O. The minimum Gasteiger partial charge on any atom is -0.507 e. The number of carbonyl (C=O) groups excluding carboxylic acids is 1. The fourth-order valence-electron chi connectivity index (χ4n) is 3.91. The number of ether oxygens (including phenoxy) is 1. The van der Waals surface area contributed by atoms with Gasteiger partial charge in [-0.2, -0.15) is 11.8 Å². The van der Waals surface area contributed by atoms with Gasteiger partial charge in [-0.15, -0.1) is 23.5 Å². The molecule has 0 spiro atoms. The molecule has 35 heavy (non-hydrogen) atoms. The number of hydrogen-bond donors (Lipinski definition) is 3. The summed E-state index contributed by atoms with van der Waals surface area (Å²) in [7, 11) is 0. The summed E-state index contributed by atoms with van der Waals surface area (Å²) in [5, 5.41) is 29.0. The minimum absolute atomic E-state index is 0.0297. The molecule has 1 heterocycles. The van der Waals surface area contributed by atoms with E-state index in [9.17, 15) is 19.5 Å². The van der Waals surface area contributed by atoms with E-state index >= 15 is 0 Å². The van der Waals surface area contributed by atoms with Gasteiger partial charge >= 0.3 is 11.9 Å². The lowest BCUT2D eigenvalue weighted by atomic mass is 10.0. The average molecular weight is 545 g/mol. The molecule has 10 heteroatoms. The number of unbranched alkanes of at least 4 members (excludes halogenated alkanes) is 1. The molecule has 1 saturated heterocycles. The van der Waals surface area contributed by atoms with Crippen molar-refractivity contribution in [3.8, 4) is 11.5 Å². The highest BCUT2D eigenvalue weighted by Crippen LogP contribution is 2.54. The molecule has 2 rings (SSSR count). The van der Waals surface area contributed by atoms with Crippen molar-refractivity contribution in [3.63, 3.8) is 0 Å². The van der Waals surface area contributed by atoms with Crippen LogP contribution in [0.25, 0.3) is 0 Å². The standard InChI is InChI=1S/C25H36O7S3/c1-3-6-20-21(8-7-19(17(2)26)24(20)31)32-13-4-5-14-33-15-18-16-34-25(35-18,11-9-22(27)28)12-10-23(29)30/h7-8,18,31H,3-6,9-16H2,1-2H3,(H,27,28)(H,29,30). The molecule has 1 fully saturated rings. The predicted molar refractivity (Wildman–Crippen MR) is 144 cm³/mol. The molecule has 0 bridgehead atoms. The number of carboxylic acid groups (broad SMARTS) is 2. The molecular weight excluding hydrogens is 508 g/mol. The molecule has 1 atom stereocenters. The highest BCUT2D eigenvalue weighted by molar-refractivity contribution is 8.22. The summed E-state index contributed by atoms with van der Waals surface area (Å²) in [6, 6.07) is 3.39. The number of phenolic OH excluding ortho intramolecular Hbond substituents is 1. The molecule has 0 amide bonds. The number of aliphatic carboxylic acids is 2. The van der Waals surface area contributed by atoms with E-state index in [1.165, 1.54) is 6.92 Å². The van der Waals surface area contributed by atoms with Gasteiger partial charge < -0.3 is 20.1 Å². The second kappa shape index (κ2) is 14.9. The molecule has 7 nitrogen and oxygen atoms in total. The minimum atomic E-state index is -0.840. The zero-order valence-electron chi connectivity index (χ0n) is 20.4. The van der Waals surface area contributed by atoms with Crippen molar-refractivity contribution in [2.75, 3.05) is 23.9 Å². The Morgan fingerprint density at radius 3 is 2.43 bits per heavy atom. The number of carbonyl (C=O) groups is 3. The van der Waals surface area contributed by atoms with E-state index < -0.39 is 11.9 Å². The number of benzene rings is 1. The summed E-state index contributed by atoms with van der Waals surface area (Å²) in [6.45, 7) is 4.00. The summed E-state index contributed by atoms with van der Waals surface area (Å²) in [4.78, 5) is 33.8. The highest BCUT2D eigenvalue weighted by atomic mass is 32.2. The van der Waals surface area contributed by atoms with E-state index in [0.717, 1.165) is 36.5 Å². The third kappa shape index (κ3) is 9.80. The topological polar surface area (TPSA) is 121 Å². The molecule has 0 aromatic heterocycles. The fraction of sp³-hybridized carbons (Fsp3) is 0.640. The molecule has 1 aliphatic heterocycles. The van der Waals surface area contributed by atoms with E-state index in [-0.39, 0.29) is 28.5 Å². The van der Waals surface area contributed by atoms with Crippen LogP contribution in [-0.2, 0) is 16.0 Å². The maximum atomic E-state index is 11.7. The zero-order valence-corrected chi connectivity index (χ0v) is 22.9. The molecule has 196 valence electrons. The van der Waals surface area contributed by atoms with E-state index in [2.05, 4.69) is 0 Å². The summed E-state index contributed by atoms with van der Waals surface area (Å²) < 4.78 is 5.61. The Bertz CT molecular complexity index is 857. The molecule has 0 aliphatic carbocycles. The number of ketones is 1. The normalized spacial score (nSPS) is 16.8. The first-order valence-corrected chi connectivity index (χ1v) is 15.0. The number of thioether (sulfide) groups is 3. The van der Waals surface area contributed by atoms with Crippen LogP contribution in [0.3, 0.4) is 0 Å². The third-order valence-corrected chi connectivity index (χ3v) is 11.0. The molecule has 0 saturated carbocycles. The lowest BCUT2D eigenvalue weighted by Crippen LogP contribution is -2.21. The van der Waals surface area contributed by atoms with Crippen molar-refractivity contribution in [1.29, 1.82) is 0 Å². The Morgan fingerprint density at radius 2 is 1.83 bits per heavy atom. The predicted octanol–water partition coefficient (Wildman–Crippen LogP) is 5.71. The Labute approximate surface area is 220 Å². The maximum Gasteiger partial charge on any atom is 0.303 e. The number of rotatable bonds is 17. The fourth-order valence-corrected chi connectivity index (χ4v) is 9.09. The number of hydrogen-bond acceptors (Lipinski definition) is 8. The van der Waals surface area contributed by atoms with Gasteiger partial charge in [0, 0.05) is 35.2 Å². The molecule has 1 aromatic carbocycles. The second-order valence-electron chi connectivity index (χ2n) is 8.62. The Balaban J connectivity index is 1.72. The smallest absolute Gasteiger partial charge is 0.303 e. The van der Waals surface area contributed by atoms with Crippen LogP contribution in [0.15, 0.2) is 12.1 Å². The maximum absolute atomic E-state index is 11.7. The lowest BCUT2D eigenvalue weighted by Gasteiger charge is -2.26. The van der Waals surface area contributed by atoms with Gasteiger partial charge in [0.25, 0.3) is 0 Å². The largest absolute Gasteiger partial charge is 0.507 e. The van der Waals surface area contributed by atoms with Crippen molar-refractivity contribution in [2.24, 2.45) is 0 Å². The lowest BCUT2D eigenvalue weighted by molar-refractivity contribution is -0.137. The number of phenols is 1. The third-order valence-electron chi connectivity index (χ3n) is 5.72. The first-order valence-electron chi connectivity index (χ1n) is 12.0. The second-order valence-corrected chi connectivity index (χ2v) is 13.1. The van der Waals surface area contributed by atoms with Crippen LogP contribution < -0.4 is 4.74 Å².